The van der Waals surface area contributed by atoms with Crippen molar-refractivity contribution in [3.8, 4) is 0 Å². The third-order valence-electron chi connectivity index (χ3n) is 1.63. The van der Waals surface area contributed by atoms with E-state index in [1.807, 2.05) is 20.8 Å². The first kappa shape index (κ1) is 13.3. The number of hydrogen-bond donors (Lipinski definition) is 1. The van der Waals surface area contributed by atoms with Crippen molar-refractivity contribution in [1.82, 2.24) is 0 Å². The van der Waals surface area contributed by atoms with Gasteiger partial charge in [-0.1, -0.05) is 0 Å². The molecule has 13 heavy (non-hydrogen) atoms. The first-order chi connectivity index (χ1) is 6.18. The van der Waals surface area contributed by atoms with Crippen LogP contribution in [0.4, 0.5) is 0 Å². The maximum absolute atomic E-state index is 9.97. The zero-order valence-electron chi connectivity index (χ0n) is 9.01. The SMILES string of the molecule is CCCO[PH](O)(CCC)OCCC. The molecule has 0 fully saturated rings. The van der Waals surface area contributed by atoms with Crippen LogP contribution in [0.25, 0.3) is 0 Å². The number of rotatable bonds is 8. The van der Waals surface area contributed by atoms with Crippen LogP contribution in [-0.2, 0) is 9.05 Å². The van der Waals surface area contributed by atoms with E-state index >= 15 is 0 Å². The first-order valence-corrected chi connectivity index (χ1v) is 7.15. The molecule has 0 aromatic heterocycles. The summed E-state index contributed by atoms with van der Waals surface area (Å²) in [6.45, 7) is 7.29. The fourth-order valence-electron chi connectivity index (χ4n) is 1.03. The van der Waals surface area contributed by atoms with Crippen molar-refractivity contribution in [3.63, 3.8) is 0 Å². The quantitative estimate of drug-likeness (QED) is 0.626. The van der Waals surface area contributed by atoms with Crippen LogP contribution in [0.3, 0.4) is 0 Å². The molecular weight excluding hydrogens is 187 g/mol. The summed E-state index contributed by atoms with van der Waals surface area (Å²) < 4.78 is 10.8. The number of hydrogen-bond acceptors (Lipinski definition) is 3. The summed E-state index contributed by atoms with van der Waals surface area (Å²) in [5, 5.41) is 0. The van der Waals surface area contributed by atoms with Gasteiger partial charge in [0.25, 0.3) is 0 Å². The van der Waals surface area contributed by atoms with Crippen LogP contribution in [0.5, 0.6) is 0 Å². The Morgan fingerprint density at radius 3 is 1.69 bits per heavy atom. The molecule has 0 spiro atoms. The standard InChI is InChI=1S/C9H23O3P/c1-4-7-11-13(10,9-6-3)12-8-5-2/h10,13H,4-9H2,1-3H3. The van der Waals surface area contributed by atoms with Gasteiger partial charge in [-0.25, -0.2) is 0 Å². The van der Waals surface area contributed by atoms with E-state index in [1.165, 1.54) is 0 Å². The molecule has 0 amide bonds. The second kappa shape index (κ2) is 7.69. The van der Waals surface area contributed by atoms with Gasteiger partial charge in [0.1, 0.15) is 0 Å². The van der Waals surface area contributed by atoms with Crippen molar-refractivity contribution in [3.05, 3.63) is 0 Å². The Hall–Kier alpha value is 0.310. The molecule has 0 bridgehead atoms. The van der Waals surface area contributed by atoms with Gasteiger partial charge in [-0.2, -0.15) is 0 Å². The molecule has 0 saturated heterocycles. The first-order valence-electron chi connectivity index (χ1n) is 5.18. The Bertz CT molecular complexity index is 111. The van der Waals surface area contributed by atoms with Crippen LogP contribution >= 0.6 is 7.94 Å². The van der Waals surface area contributed by atoms with Crippen molar-refractivity contribution in [1.29, 1.82) is 0 Å². The molecule has 0 aromatic carbocycles. The monoisotopic (exact) mass is 210 g/mol. The molecule has 0 rings (SSSR count). The second-order valence-electron chi connectivity index (χ2n) is 3.16. The molecule has 0 heterocycles. The molecule has 0 aliphatic carbocycles. The Labute approximate surface area is 82.0 Å². The Balaban J connectivity index is 3.84. The normalized spacial score (nSPS) is 13.2. The second-order valence-corrected chi connectivity index (χ2v) is 5.66. The third kappa shape index (κ3) is 6.39. The van der Waals surface area contributed by atoms with Crippen molar-refractivity contribution >= 4 is 7.94 Å². The summed E-state index contributed by atoms with van der Waals surface area (Å²) >= 11 is 0. The topological polar surface area (TPSA) is 38.7 Å². The van der Waals surface area contributed by atoms with E-state index in [0.29, 0.717) is 19.4 Å². The van der Waals surface area contributed by atoms with Crippen LogP contribution in [-0.4, -0.2) is 24.3 Å². The van der Waals surface area contributed by atoms with Crippen molar-refractivity contribution in [2.45, 2.75) is 40.0 Å². The zero-order chi connectivity index (χ0) is 10.2. The predicted molar refractivity (Wildman–Crippen MR) is 58.2 cm³/mol. The fourth-order valence-corrected chi connectivity index (χ4v) is 3.08. The third-order valence-corrected chi connectivity index (χ3v) is 4.07. The minimum atomic E-state index is -2.79. The summed E-state index contributed by atoms with van der Waals surface area (Å²) in [6, 6.07) is 0. The average molecular weight is 210 g/mol. The van der Waals surface area contributed by atoms with E-state index in [1.54, 1.807) is 0 Å². The van der Waals surface area contributed by atoms with Crippen LogP contribution in [0, 0.1) is 0 Å². The van der Waals surface area contributed by atoms with Gasteiger partial charge in [0.15, 0.2) is 0 Å². The summed E-state index contributed by atoms with van der Waals surface area (Å²) in [5.74, 6) is 0. The van der Waals surface area contributed by atoms with Crippen LogP contribution in [0.15, 0.2) is 0 Å². The van der Waals surface area contributed by atoms with E-state index in [-0.39, 0.29) is 0 Å². The Morgan fingerprint density at radius 1 is 0.923 bits per heavy atom. The van der Waals surface area contributed by atoms with Gasteiger partial charge in [0.2, 0.25) is 0 Å². The molecule has 0 saturated carbocycles. The van der Waals surface area contributed by atoms with E-state index in [0.717, 1.165) is 19.3 Å². The molecule has 0 aliphatic rings. The van der Waals surface area contributed by atoms with Gasteiger partial charge in [-0.15, -0.1) is 0 Å². The molecule has 3 nitrogen and oxygen atoms in total. The van der Waals surface area contributed by atoms with E-state index in [4.69, 9.17) is 9.05 Å². The maximum atomic E-state index is 9.97. The molecule has 0 aromatic rings. The summed E-state index contributed by atoms with van der Waals surface area (Å²) in [5.41, 5.74) is 0. The zero-order valence-corrected chi connectivity index (χ0v) is 10.0. The molecule has 0 atom stereocenters. The predicted octanol–water partition coefficient (Wildman–Crippen LogP) is 2.74. The minimum absolute atomic E-state index is 0.604. The van der Waals surface area contributed by atoms with Gasteiger partial charge >= 0.3 is 81.3 Å². The fraction of sp³-hybridized carbons (Fsp3) is 1.00. The summed E-state index contributed by atoms with van der Waals surface area (Å²) in [6.07, 6.45) is 3.44. The summed E-state index contributed by atoms with van der Waals surface area (Å²) in [7, 11) is -2.79. The molecule has 82 valence electrons. The van der Waals surface area contributed by atoms with Gasteiger partial charge in [0.05, 0.1) is 0 Å². The van der Waals surface area contributed by atoms with Crippen molar-refractivity contribution in [2.75, 3.05) is 19.4 Å². The molecule has 0 radical (unpaired) electrons. The van der Waals surface area contributed by atoms with Crippen LogP contribution in [0.1, 0.15) is 40.0 Å². The van der Waals surface area contributed by atoms with Gasteiger partial charge in [-0.05, 0) is 0 Å². The van der Waals surface area contributed by atoms with Gasteiger partial charge < -0.3 is 0 Å². The molecule has 1 N–H and O–H groups in total. The van der Waals surface area contributed by atoms with E-state index in [9.17, 15) is 4.89 Å². The average Bonchev–Trinajstić information content (AvgIpc) is 2.12. The molecule has 4 heteroatoms. The van der Waals surface area contributed by atoms with Gasteiger partial charge in [0, 0.05) is 0 Å². The van der Waals surface area contributed by atoms with Crippen molar-refractivity contribution in [2.24, 2.45) is 0 Å². The molecular formula is C9H23O3P. The van der Waals surface area contributed by atoms with Crippen molar-refractivity contribution < 1.29 is 13.9 Å². The molecule has 0 unspecified atom stereocenters. The Morgan fingerprint density at radius 2 is 1.38 bits per heavy atom. The van der Waals surface area contributed by atoms with Gasteiger partial charge in [-0.3, -0.25) is 0 Å². The van der Waals surface area contributed by atoms with E-state index in [2.05, 4.69) is 0 Å². The van der Waals surface area contributed by atoms with Crippen LogP contribution in [0.2, 0.25) is 0 Å². The van der Waals surface area contributed by atoms with E-state index < -0.39 is 7.94 Å². The Kier molecular flexibility index (Phi) is 7.87. The summed E-state index contributed by atoms with van der Waals surface area (Å²) in [4.78, 5) is 9.97. The molecule has 0 aliphatic heterocycles. The van der Waals surface area contributed by atoms with Crippen LogP contribution < -0.4 is 0 Å².